The number of halogens is 1. The predicted octanol–water partition coefficient (Wildman–Crippen LogP) is 5.47. The Kier molecular flexibility index (Phi) is 7.12. The van der Waals surface area contributed by atoms with Gasteiger partial charge >= 0.3 is 0 Å². The Balaban J connectivity index is 1.28. The van der Waals surface area contributed by atoms with Gasteiger partial charge in [-0.15, -0.1) is 0 Å². The third kappa shape index (κ3) is 5.45. The molecule has 3 aromatic carbocycles. The molecular formula is C30H28FN3O3. The van der Waals surface area contributed by atoms with E-state index in [4.69, 9.17) is 4.74 Å². The number of hydrogen-bond donors (Lipinski definition) is 1. The van der Waals surface area contributed by atoms with Gasteiger partial charge in [0.05, 0.1) is 23.4 Å². The van der Waals surface area contributed by atoms with Crippen LogP contribution in [-0.2, 0) is 0 Å². The maximum atomic E-state index is 13.4. The van der Waals surface area contributed by atoms with Gasteiger partial charge in [0.15, 0.2) is 0 Å². The number of likely N-dealkylation sites (tertiary alicyclic amines) is 1. The zero-order valence-electron chi connectivity index (χ0n) is 20.6. The van der Waals surface area contributed by atoms with Gasteiger partial charge in [0, 0.05) is 35.6 Å². The van der Waals surface area contributed by atoms with Gasteiger partial charge in [-0.25, -0.2) is 9.37 Å². The van der Waals surface area contributed by atoms with Gasteiger partial charge in [-0.05, 0) is 80.4 Å². The van der Waals surface area contributed by atoms with Crippen LogP contribution in [0.25, 0.3) is 22.2 Å². The first-order valence-electron chi connectivity index (χ1n) is 12.5. The highest BCUT2D eigenvalue weighted by Gasteiger charge is 2.25. The van der Waals surface area contributed by atoms with Crippen molar-refractivity contribution in [2.24, 2.45) is 0 Å². The second-order valence-electron chi connectivity index (χ2n) is 9.08. The van der Waals surface area contributed by atoms with Gasteiger partial charge in [0.25, 0.3) is 11.8 Å². The van der Waals surface area contributed by atoms with Gasteiger partial charge in [0.2, 0.25) is 0 Å². The predicted molar refractivity (Wildman–Crippen MR) is 141 cm³/mol. The molecule has 1 saturated heterocycles. The summed E-state index contributed by atoms with van der Waals surface area (Å²) < 4.78 is 18.9. The van der Waals surface area contributed by atoms with Crippen LogP contribution in [0.5, 0.6) is 5.75 Å². The summed E-state index contributed by atoms with van der Waals surface area (Å²) in [6.07, 6.45) is 1.34. The molecule has 1 fully saturated rings. The zero-order valence-corrected chi connectivity index (χ0v) is 20.6. The second kappa shape index (κ2) is 10.8. The lowest BCUT2D eigenvalue weighted by Gasteiger charge is -2.32. The van der Waals surface area contributed by atoms with E-state index in [-0.39, 0.29) is 23.7 Å². The first-order chi connectivity index (χ1) is 18.0. The SMILES string of the molecule is CCOc1ccc(C(=O)N2CCC(NC(=O)c3cc(-c4ccc(F)cc4)nc4ccccc34)CC2)cc1. The quantitative estimate of drug-likeness (QED) is 0.383. The number of piperidine rings is 1. The molecule has 0 radical (unpaired) electrons. The van der Waals surface area contributed by atoms with E-state index < -0.39 is 0 Å². The number of ether oxygens (including phenoxy) is 1. The lowest BCUT2D eigenvalue weighted by molar-refractivity contribution is 0.0698. The smallest absolute Gasteiger partial charge is 0.253 e. The maximum Gasteiger partial charge on any atom is 0.253 e. The van der Waals surface area contributed by atoms with Crippen molar-refractivity contribution in [2.45, 2.75) is 25.8 Å². The van der Waals surface area contributed by atoms with Crippen molar-refractivity contribution in [3.8, 4) is 17.0 Å². The fourth-order valence-electron chi connectivity index (χ4n) is 4.66. The lowest BCUT2D eigenvalue weighted by atomic mass is 10.0. The topological polar surface area (TPSA) is 71.5 Å². The number of nitrogens with one attached hydrogen (secondary N) is 1. The molecule has 1 aliphatic heterocycles. The summed E-state index contributed by atoms with van der Waals surface area (Å²) in [5.74, 6) is 0.219. The highest BCUT2D eigenvalue weighted by molar-refractivity contribution is 6.07. The van der Waals surface area contributed by atoms with Crippen LogP contribution >= 0.6 is 0 Å². The fourth-order valence-corrected chi connectivity index (χ4v) is 4.66. The lowest BCUT2D eigenvalue weighted by Crippen LogP contribution is -2.46. The summed E-state index contributed by atoms with van der Waals surface area (Å²) in [7, 11) is 0. The summed E-state index contributed by atoms with van der Waals surface area (Å²) in [4.78, 5) is 32.8. The van der Waals surface area contributed by atoms with Crippen LogP contribution in [-0.4, -0.2) is 47.4 Å². The number of pyridine rings is 1. The summed E-state index contributed by atoms with van der Waals surface area (Å²) in [6, 6.07) is 22.5. The summed E-state index contributed by atoms with van der Waals surface area (Å²) in [5, 5.41) is 3.91. The number of amides is 2. The van der Waals surface area contributed by atoms with Crippen LogP contribution in [0, 0.1) is 5.82 Å². The monoisotopic (exact) mass is 497 g/mol. The number of hydrogen-bond acceptors (Lipinski definition) is 4. The Labute approximate surface area is 215 Å². The van der Waals surface area contributed by atoms with Crippen molar-refractivity contribution in [3.05, 3.63) is 95.8 Å². The Morgan fingerprint density at radius 3 is 2.41 bits per heavy atom. The van der Waals surface area contributed by atoms with E-state index in [1.165, 1.54) is 12.1 Å². The molecule has 7 heteroatoms. The van der Waals surface area contributed by atoms with E-state index in [9.17, 15) is 14.0 Å². The van der Waals surface area contributed by atoms with Gasteiger partial charge < -0.3 is 15.0 Å². The van der Waals surface area contributed by atoms with Crippen LogP contribution in [0.3, 0.4) is 0 Å². The van der Waals surface area contributed by atoms with Crippen molar-refractivity contribution in [2.75, 3.05) is 19.7 Å². The van der Waals surface area contributed by atoms with Gasteiger partial charge in [-0.3, -0.25) is 9.59 Å². The van der Waals surface area contributed by atoms with Crippen molar-refractivity contribution in [3.63, 3.8) is 0 Å². The number of rotatable bonds is 6. The Hall–Kier alpha value is -4.26. The highest BCUT2D eigenvalue weighted by Crippen LogP contribution is 2.26. The minimum Gasteiger partial charge on any atom is -0.494 e. The van der Waals surface area contributed by atoms with Crippen molar-refractivity contribution < 1.29 is 18.7 Å². The Morgan fingerprint density at radius 1 is 1.00 bits per heavy atom. The number of aromatic nitrogens is 1. The Morgan fingerprint density at radius 2 is 1.70 bits per heavy atom. The number of para-hydroxylation sites is 1. The fraction of sp³-hybridized carbons (Fsp3) is 0.233. The van der Waals surface area contributed by atoms with Crippen molar-refractivity contribution >= 4 is 22.7 Å². The second-order valence-corrected chi connectivity index (χ2v) is 9.08. The van der Waals surface area contributed by atoms with E-state index in [0.29, 0.717) is 54.9 Å². The van der Waals surface area contributed by atoms with E-state index in [0.717, 1.165) is 16.7 Å². The van der Waals surface area contributed by atoms with Crippen LogP contribution in [0.2, 0.25) is 0 Å². The first-order valence-corrected chi connectivity index (χ1v) is 12.5. The van der Waals surface area contributed by atoms with Gasteiger partial charge in [0.1, 0.15) is 11.6 Å². The molecular weight excluding hydrogens is 469 g/mol. The molecule has 0 spiro atoms. The molecule has 37 heavy (non-hydrogen) atoms. The van der Waals surface area contributed by atoms with Crippen LogP contribution in [0.15, 0.2) is 78.9 Å². The standard InChI is InChI=1S/C30H28FN3O3/c1-2-37-24-13-9-21(10-14-24)30(36)34-17-15-23(16-18-34)32-29(35)26-19-28(20-7-11-22(31)12-8-20)33-27-6-4-3-5-25(26)27/h3-14,19,23H,2,15-18H2,1H3,(H,32,35). The van der Waals surface area contributed by atoms with E-state index in [1.54, 1.807) is 30.3 Å². The van der Waals surface area contributed by atoms with Crippen LogP contribution in [0.1, 0.15) is 40.5 Å². The number of nitrogens with zero attached hydrogens (tertiary/aromatic N) is 2. The average molecular weight is 498 g/mol. The van der Waals surface area contributed by atoms with Gasteiger partial charge in [-0.2, -0.15) is 0 Å². The molecule has 5 rings (SSSR count). The number of carbonyl (C=O) groups is 2. The minimum atomic E-state index is -0.324. The van der Waals surface area contributed by atoms with E-state index in [2.05, 4.69) is 10.3 Å². The normalized spacial score (nSPS) is 13.9. The van der Waals surface area contributed by atoms with Crippen LogP contribution in [0.4, 0.5) is 4.39 Å². The molecule has 1 aromatic heterocycles. The number of fused-ring (bicyclic) bond motifs is 1. The molecule has 0 atom stereocenters. The molecule has 1 aliphatic rings. The summed E-state index contributed by atoms with van der Waals surface area (Å²) >= 11 is 0. The highest BCUT2D eigenvalue weighted by atomic mass is 19.1. The molecule has 1 N–H and O–H groups in total. The molecule has 0 bridgehead atoms. The average Bonchev–Trinajstić information content (AvgIpc) is 2.93. The largest absolute Gasteiger partial charge is 0.494 e. The molecule has 188 valence electrons. The summed E-state index contributed by atoms with van der Waals surface area (Å²) in [5.41, 5.74) is 3.20. The third-order valence-corrected chi connectivity index (χ3v) is 6.63. The Bertz CT molecular complexity index is 1410. The van der Waals surface area contributed by atoms with E-state index >= 15 is 0 Å². The van der Waals surface area contributed by atoms with Crippen LogP contribution < -0.4 is 10.1 Å². The minimum absolute atomic E-state index is 0.0168. The van der Waals surface area contributed by atoms with Gasteiger partial charge in [-0.1, -0.05) is 18.2 Å². The number of carbonyl (C=O) groups excluding carboxylic acids is 2. The first kappa shape index (κ1) is 24.4. The third-order valence-electron chi connectivity index (χ3n) is 6.63. The summed E-state index contributed by atoms with van der Waals surface area (Å²) in [6.45, 7) is 3.63. The number of benzene rings is 3. The van der Waals surface area contributed by atoms with Crippen molar-refractivity contribution in [1.29, 1.82) is 0 Å². The molecule has 0 aliphatic carbocycles. The molecule has 4 aromatic rings. The zero-order chi connectivity index (χ0) is 25.8. The molecule has 0 saturated carbocycles. The molecule has 0 unspecified atom stereocenters. The molecule has 6 nitrogen and oxygen atoms in total. The molecule has 2 heterocycles. The van der Waals surface area contributed by atoms with E-state index in [1.807, 2.05) is 48.2 Å². The molecule has 2 amide bonds. The van der Waals surface area contributed by atoms with Crippen molar-refractivity contribution in [1.82, 2.24) is 15.2 Å². The maximum absolute atomic E-state index is 13.4.